The highest BCUT2D eigenvalue weighted by Gasteiger charge is 2.25. The third-order valence-corrected chi connectivity index (χ3v) is 6.13. The predicted molar refractivity (Wildman–Crippen MR) is 126 cm³/mol. The molecule has 5 rings (SSSR count). The van der Waals surface area contributed by atoms with E-state index in [-0.39, 0.29) is 35.9 Å². The summed E-state index contributed by atoms with van der Waals surface area (Å²) in [6, 6.07) is 14.7. The van der Waals surface area contributed by atoms with Crippen molar-refractivity contribution in [1.29, 1.82) is 0 Å². The molecular formula is C25H24N4O5. The maximum absolute atomic E-state index is 12.9. The predicted octanol–water partition coefficient (Wildman–Crippen LogP) is 2.06. The number of carbonyl (C=O) groups is 2. The molecule has 2 aromatic heterocycles. The zero-order valence-electron chi connectivity index (χ0n) is 18.8. The van der Waals surface area contributed by atoms with Crippen LogP contribution in [0.15, 0.2) is 64.1 Å². The first-order valence-corrected chi connectivity index (χ1v) is 11.1. The molecule has 1 aliphatic rings. The second-order valence-corrected chi connectivity index (χ2v) is 8.24. The summed E-state index contributed by atoms with van der Waals surface area (Å²) in [5.74, 6) is 0.529. The number of benzene rings is 2. The van der Waals surface area contributed by atoms with E-state index in [4.69, 9.17) is 9.15 Å². The highest BCUT2D eigenvalue weighted by molar-refractivity contribution is 6.01. The van der Waals surface area contributed by atoms with E-state index in [0.717, 1.165) is 10.9 Å². The number of nitrogens with zero attached hydrogens (tertiary/aromatic N) is 4. The second-order valence-electron chi connectivity index (χ2n) is 8.24. The Morgan fingerprint density at radius 1 is 1.00 bits per heavy atom. The number of hydrogen-bond donors (Lipinski definition) is 0. The summed E-state index contributed by atoms with van der Waals surface area (Å²) < 4.78 is 12.2. The highest BCUT2D eigenvalue weighted by Crippen LogP contribution is 2.24. The van der Waals surface area contributed by atoms with Gasteiger partial charge in [-0.25, -0.2) is 4.98 Å². The monoisotopic (exact) mass is 460 g/mol. The Morgan fingerprint density at radius 3 is 2.50 bits per heavy atom. The van der Waals surface area contributed by atoms with E-state index in [1.165, 1.54) is 10.9 Å². The fourth-order valence-electron chi connectivity index (χ4n) is 4.25. The lowest BCUT2D eigenvalue weighted by Gasteiger charge is -2.35. The van der Waals surface area contributed by atoms with Gasteiger partial charge in [-0.3, -0.25) is 19.0 Å². The standard InChI is InChI=1S/C25H24N4O5/c1-33-18-6-4-5-17(13-18)14-21(30)27-9-11-28(12-10-27)22(31)15-29-16-26-23-19-7-2-3-8-20(19)34-24(23)25(29)32/h2-8,13,16H,9-12,14-15H2,1H3. The Labute approximate surface area is 195 Å². The third kappa shape index (κ3) is 4.12. The third-order valence-electron chi connectivity index (χ3n) is 6.13. The average molecular weight is 460 g/mol. The van der Waals surface area contributed by atoms with Gasteiger partial charge in [0, 0.05) is 31.6 Å². The number of fused-ring (bicyclic) bond motifs is 3. The smallest absolute Gasteiger partial charge is 0.297 e. The summed E-state index contributed by atoms with van der Waals surface area (Å²) in [5, 5.41) is 0.766. The molecule has 2 aromatic carbocycles. The molecule has 0 saturated carbocycles. The molecule has 1 saturated heterocycles. The number of furan rings is 1. The number of carbonyl (C=O) groups excluding carboxylic acids is 2. The topological polar surface area (TPSA) is 97.9 Å². The van der Waals surface area contributed by atoms with Crippen LogP contribution in [0.1, 0.15) is 5.56 Å². The largest absolute Gasteiger partial charge is 0.497 e. The van der Waals surface area contributed by atoms with Gasteiger partial charge in [0.25, 0.3) is 5.56 Å². The quantitative estimate of drug-likeness (QED) is 0.452. The zero-order chi connectivity index (χ0) is 23.7. The number of aromatic nitrogens is 2. The first-order chi connectivity index (χ1) is 16.5. The van der Waals surface area contributed by atoms with Crippen molar-refractivity contribution in [3.8, 4) is 5.75 Å². The van der Waals surface area contributed by atoms with E-state index in [9.17, 15) is 14.4 Å². The molecule has 9 nitrogen and oxygen atoms in total. The molecular weight excluding hydrogens is 436 g/mol. The van der Waals surface area contributed by atoms with E-state index in [1.807, 2.05) is 42.5 Å². The highest BCUT2D eigenvalue weighted by atomic mass is 16.5. The van der Waals surface area contributed by atoms with E-state index >= 15 is 0 Å². The molecule has 174 valence electrons. The first-order valence-electron chi connectivity index (χ1n) is 11.1. The van der Waals surface area contributed by atoms with E-state index < -0.39 is 0 Å². The van der Waals surface area contributed by atoms with Crippen molar-refractivity contribution in [3.05, 3.63) is 70.8 Å². The average Bonchev–Trinajstić information content (AvgIpc) is 3.25. The summed E-state index contributed by atoms with van der Waals surface area (Å²) in [7, 11) is 1.59. The van der Waals surface area contributed by atoms with Crippen molar-refractivity contribution in [1.82, 2.24) is 19.4 Å². The Morgan fingerprint density at radius 2 is 1.74 bits per heavy atom. The van der Waals surface area contributed by atoms with Crippen LogP contribution in [-0.4, -0.2) is 64.5 Å². The molecule has 0 radical (unpaired) electrons. The fraction of sp³-hybridized carbons (Fsp3) is 0.280. The van der Waals surface area contributed by atoms with Crippen molar-refractivity contribution in [2.75, 3.05) is 33.3 Å². The van der Waals surface area contributed by atoms with Crippen LogP contribution in [0.5, 0.6) is 5.75 Å². The number of amides is 2. The lowest BCUT2D eigenvalue weighted by molar-refractivity contribution is -0.139. The molecule has 34 heavy (non-hydrogen) atoms. The summed E-state index contributed by atoms with van der Waals surface area (Å²) in [4.78, 5) is 46.2. The lowest BCUT2D eigenvalue weighted by Crippen LogP contribution is -2.52. The zero-order valence-corrected chi connectivity index (χ0v) is 18.8. The molecule has 2 amide bonds. The second kappa shape index (κ2) is 9.01. The Hall–Kier alpha value is -4.14. The fourth-order valence-corrected chi connectivity index (χ4v) is 4.25. The SMILES string of the molecule is COc1cccc(CC(=O)N2CCN(C(=O)Cn3cnc4c(oc5ccccc54)c3=O)CC2)c1. The normalized spacial score (nSPS) is 14.0. The molecule has 0 atom stereocenters. The van der Waals surface area contributed by atoms with Gasteiger partial charge in [0.1, 0.15) is 23.4 Å². The molecule has 0 unspecified atom stereocenters. The van der Waals surface area contributed by atoms with Crippen molar-refractivity contribution < 1.29 is 18.7 Å². The van der Waals surface area contributed by atoms with Crippen molar-refractivity contribution in [2.45, 2.75) is 13.0 Å². The summed E-state index contributed by atoms with van der Waals surface area (Å²) in [6.07, 6.45) is 1.67. The van der Waals surface area contributed by atoms with Gasteiger partial charge in [0.15, 0.2) is 0 Å². The van der Waals surface area contributed by atoms with Crippen molar-refractivity contribution in [3.63, 3.8) is 0 Å². The van der Waals surface area contributed by atoms with Gasteiger partial charge < -0.3 is 19.0 Å². The number of para-hydroxylation sites is 1. The van der Waals surface area contributed by atoms with E-state index in [2.05, 4.69) is 4.98 Å². The number of hydrogen-bond acceptors (Lipinski definition) is 6. The van der Waals surface area contributed by atoms with Crippen molar-refractivity contribution >= 4 is 33.9 Å². The van der Waals surface area contributed by atoms with Gasteiger partial charge in [-0.1, -0.05) is 24.3 Å². The molecule has 4 aromatic rings. The number of piperazine rings is 1. The molecule has 0 bridgehead atoms. The number of ether oxygens (including phenoxy) is 1. The van der Waals surface area contributed by atoms with Crippen LogP contribution in [-0.2, 0) is 22.6 Å². The van der Waals surface area contributed by atoms with E-state index in [1.54, 1.807) is 23.0 Å². The maximum Gasteiger partial charge on any atom is 0.297 e. The van der Waals surface area contributed by atoms with E-state index in [0.29, 0.717) is 43.0 Å². The van der Waals surface area contributed by atoms with Crippen LogP contribution in [0, 0.1) is 0 Å². The van der Waals surface area contributed by atoms with Crippen LogP contribution >= 0.6 is 0 Å². The van der Waals surface area contributed by atoms with Crippen LogP contribution < -0.4 is 10.3 Å². The lowest BCUT2D eigenvalue weighted by atomic mass is 10.1. The van der Waals surface area contributed by atoms with Crippen LogP contribution in [0.3, 0.4) is 0 Å². The van der Waals surface area contributed by atoms with Crippen molar-refractivity contribution in [2.24, 2.45) is 0 Å². The van der Waals surface area contributed by atoms with Gasteiger partial charge in [0.2, 0.25) is 17.4 Å². The number of methoxy groups -OCH3 is 1. The van der Waals surface area contributed by atoms with Gasteiger partial charge >= 0.3 is 0 Å². The molecule has 9 heteroatoms. The minimum Gasteiger partial charge on any atom is -0.497 e. The molecule has 0 aliphatic carbocycles. The maximum atomic E-state index is 12.9. The van der Waals surface area contributed by atoms with Gasteiger partial charge in [-0.15, -0.1) is 0 Å². The summed E-state index contributed by atoms with van der Waals surface area (Å²) in [5.41, 5.74) is 1.72. The molecule has 0 N–H and O–H groups in total. The molecule has 1 fully saturated rings. The molecule has 0 spiro atoms. The summed E-state index contributed by atoms with van der Waals surface area (Å²) >= 11 is 0. The minimum atomic E-state index is -0.387. The first kappa shape index (κ1) is 21.7. The Kier molecular flexibility index (Phi) is 5.75. The van der Waals surface area contributed by atoms with Crippen LogP contribution in [0.25, 0.3) is 22.1 Å². The Bertz CT molecular complexity index is 1430. The van der Waals surface area contributed by atoms with Crippen LogP contribution in [0.2, 0.25) is 0 Å². The number of rotatable bonds is 5. The van der Waals surface area contributed by atoms with Crippen LogP contribution in [0.4, 0.5) is 0 Å². The van der Waals surface area contributed by atoms with Gasteiger partial charge in [0.05, 0.1) is 19.9 Å². The molecule has 1 aliphatic heterocycles. The van der Waals surface area contributed by atoms with Gasteiger partial charge in [-0.2, -0.15) is 0 Å². The summed E-state index contributed by atoms with van der Waals surface area (Å²) in [6.45, 7) is 1.60. The Balaban J connectivity index is 1.22. The minimum absolute atomic E-state index is 0.0103. The molecule has 3 heterocycles. The van der Waals surface area contributed by atoms with Gasteiger partial charge in [-0.05, 0) is 29.8 Å².